The van der Waals surface area contributed by atoms with Gasteiger partial charge < -0.3 is 14.9 Å². The molecule has 6 nitrogen and oxygen atoms in total. The molecule has 1 aliphatic rings. The van der Waals surface area contributed by atoms with Crippen LogP contribution in [-0.4, -0.2) is 40.8 Å². The number of hydrogen-bond donors (Lipinski definition) is 1. The molecule has 1 amide bonds. The number of carbonyl (C=O) groups excluding carboxylic acids is 2. The maximum absolute atomic E-state index is 13.1. The number of aryl methyl sites for hydroxylation is 1. The lowest BCUT2D eigenvalue weighted by atomic mass is 9.94. The summed E-state index contributed by atoms with van der Waals surface area (Å²) >= 11 is 0. The van der Waals surface area contributed by atoms with Crippen LogP contribution >= 0.6 is 0 Å². The van der Waals surface area contributed by atoms with Gasteiger partial charge in [0.05, 0.1) is 11.6 Å². The van der Waals surface area contributed by atoms with E-state index in [2.05, 4.69) is 4.98 Å². The number of nitrogens with zero attached hydrogens (tertiary/aromatic N) is 3. The molecule has 1 fully saturated rings. The van der Waals surface area contributed by atoms with Crippen molar-refractivity contribution < 1.29 is 14.7 Å². The molecule has 1 aromatic heterocycles. The molecule has 3 aromatic rings. The molecule has 6 heteroatoms. The van der Waals surface area contributed by atoms with E-state index in [0.717, 1.165) is 22.4 Å². The minimum absolute atomic E-state index is 0.102. The fourth-order valence-corrected chi connectivity index (χ4v) is 3.90. The molecule has 1 unspecified atom stereocenters. The van der Waals surface area contributed by atoms with Gasteiger partial charge in [-0.1, -0.05) is 42.0 Å². The number of pyridine rings is 1. The van der Waals surface area contributed by atoms with Gasteiger partial charge in [0.2, 0.25) is 0 Å². The highest BCUT2D eigenvalue weighted by Gasteiger charge is 2.46. The lowest BCUT2D eigenvalue weighted by Crippen LogP contribution is -2.29. The Bertz CT molecular complexity index is 1170. The zero-order chi connectivity index (χ0) is 22.8. The highest BCUT2D eigenvalue weighted by molar-refractivity contribution is 6.46. The van der Waals surface area contributed by atoms with Crippen LogP contribution in [0.2, 0.25) is 0 Å². The van der Waals surface area contributed by atoms with Crippen molar-refractivity contribution in [2.75, 3.05) is 19.0 Å². The Balaban J connectivity index is 1.84. The number of carbonyl (C=O) groups is 2. The summed E-state index contributed by atoms with van der Waals surface area (Å²) in [5.41, 5.74) is 4.26. The molecule has 0 bridgehead atoms. The van der Waals surface area contributed by atoms with E-state index < -0.39 is 17.7 Å². The topological polar surface area (TPSA) is 73.7 Å². The lowest BCUT2D eigenvalue weighted by molar-refractivity contribution is -0.140. The van der Waals surface area contributed by atoms with E-state index in [1.807, 2.05) is 74.4 Å². The fraction of sp³-hybridized carbons (Fsp3) is 0.192. The number of anilines is 1. The lowest BCUT2D eigenvalue weighted by Gasteiger charge is -2.26. The van der Waals surface area contributed by atoms with Gasteiger partial charge in [-0.3, -0.25) is 14.6 Å². The average Bonchev–Trinajstić information content (AvgIpc) is 3.05. The van der Waals surface area contributed by atoms with E-state index in [9.17, 15) is 14.7 Å². The van der Waals surface area contributed by atoms with E-state index in [-0.39, 0.29) is 17.9 Å². The first kappa shape index (κ1) is 21.3. The third-order valence-corrected chi connectivity index (χ3v) is 5.69. The van der Waals surface area contributed by atoms with E-state index in [4.69, 9.17) is 0 Å². The number of ketones is 1. The van der Waals surface area contributed by atoms with Crippen molar-refractivity contribution in [3.8, 4) is 0 Å². The Morgan fingerprint density at radius 2 is 1.59 bits per heavy atom. The number of likely N-dealkylation sites (tertiary alicyclic amines) is 1. The predicted molar refractivity (Wildman–Crippen MR) is 124 cm³/mol. The first-order valence-corrected chi connectivity index (χ1v) is 10.4. The molecule has 0 saturated carbocycles. The standard InChI is InChI=1S/C26H25N3O3/c1-17-4-6-20(7-5-17)24(30)22-23(19-8-10-21(11-9-19)28(2)3)29(26(32)25(22)31)16-18-12-14-27-15-13-18/h4-15,23,30H,16H2,1-3H3/b24-22-. The largest absolute Gasteiger partial charge is 0.507 e. The highest BCUT2D eigenvalue weighted by atomic mass is 16.3. The van der Waals surface area contributed by atoms with Crippen LogP contribution in [0.15, 0.2) is 78.6 Å². The van der Waals surface area contributed by atoms with Crippen LogP contribution in [0.3, 0.4) is 0 Å². The minimum Gasteiger partial charge on any atom is -0.507 e. The first-order chi connectivity index (χ1) is 15.4. The van der Waals surface area contributed by atoms with Crippen molar-refractivity contribution >= 4 is 23.1 Å². The summed E-state index contributed by atoms with van der Waals surface area (Å²) in [7, 11) is 3.89. The molecule has 2 aromatic carbocycles. The molecule has 0 aliphatic carbocycles. The number of Topliss-reactive ketones (excluding diaryl/α,β-unsaturated/α-hetero) is 1. The smallest absolute Gasteiger partial charge is 0.295 e. The van der Waals surface area contributed by atoms with Crippen LogP contribution in [0.1, 0.15) is 28.3 Å². The third-order valence-electron chi connectivity index (χ3n) is 5.69. The number of hydrogen-bond acceptors (Lipinski definition) is 5. The molecular formula is C26H25N3O3. The molecule has 32 heavy (non-hydrogen) atoms. The van der Waals surface area contributed by atoms with Gasteiger partial charge in [0.15, 0.2) is 0 Å². The zero-order valence-corrected chi connectivity index (χ0v) is 18.3. The van der Waals surface area contributed by atoms with Crippen molar-refractivity contribution in [2.24, 2.45) is 0 Å². The van der Waals surface area contributed by atoms with Crippen LogP contribution in [0.25, 0.3) is 5.76 Å². The summed E-state index contributed by atoms with van der Waals surface area (Å²) in [6, 6.07) is 17.8. The SMILES string of the molecule is Cc1ccc(/C(O)=C2/C(=O)C(=O)N(Cc3ccncc3)C2c2ccc(N(C)C)cc2)cc1. The summed E-state index contributed by atoms with van der Waals surface area (Å²) in [5.74, 6) is -1.47. The predicted octanol–water partition coefficient (Wildman–Crippen LogP) is 4.08. The molecule has 1 atom stereocenters. The van der Waals surface area contributed by atoms with Gasteiger partial charge in [0.25, 0.3) is 11.7 Å². The maximum atomic E-state index is 13.1. The van der Waals surface area contributed by atoms with E-state index in [1.165, 1.54) is 4.90 Å². The van der Waals surface area contributed by atoms with E-state index >= 15 is 0 Å². The van der Waals surface area contributed by atoms with Gasteiger partial charge >= 0.3 is 0 Å². The zero-order valence-electron chi connectivity index (χ0n) is 18.3. The summed E-state index contributed by atoms with van der Waals surface area (Å²) in [4.78, 5) is 33.7. The van der Waals surface area contributed by atoms with Gasteiger partial charge in [-0.15, -0.1) is 0 Å². The third kappa shape index (κ3) is 3.99. The van der Waals surface area contributed by atoms with Gasteiger partial charge in [-0.2, -0.15) is 0 Å². The maximum Gasteiger partial charge on any atom is 0.295 e. The van der Waals surface area contributed by atoms with Gasteiger partial charge in [0, 0.05) is 44.3 Å². The van der Waals surface area contributed by atoms with Crippen molar-refractivity contribution in [1.82, 2.24) is 9.88 Å². The minimum atomic E-state index is -0.694. The molecule has 2 heterocycles. The van der Waals surface area contributed by atoms with Crippen LogP contribution in [0.4, 0.5) is 5.69 Å². The Labute approximate surface area is 187 Å². The molecular weight excluding hydrogens is 402 g/mol. The van der Waals surface area contributed by atoms with Gasteiger partial charge in [-0.25, -0.2) is 0 Å². The molecule has 162 valence electrons. The fourth-order valence-electron chi connectivity index (χ4n) is 3.90. The molecule has 1 saturated heterocycles. The Hall–Kier alpha value is -3.93. The van der Waals surface area contributed by atoms with Crippen LogP contribution in [0.5, 0.6) is 0 Å². The van der Waals surface area contributed by atoms with Crippen LogP contribution in [0, 0.1) is 6.92 Å². The Morgan fingerprint density at radius 1 is 0.969 bits per heavy atom. The molecule has 1 aliphatic heterocycles. The van der Waals surface area contributed by atoms with Crippen molar-refractivity contribution in [2.45, 2.75) is 19.5 Å². The molecule has 0 spiro atoms. The number of benzene rings is 2. The van der Waals surface area contributed by atoms with Crippen LogP contribution in [-0.2, 0) is 16.1 Å². The summed E-state index contributed by atoms with van der Waals surface area (Å²) in [6.07, 6.45) is 3.30. The Kier molecular flexibility index (Phi) is 5.77. The van der Waals surface area contributed by atoms with E-state index in [1.54, 1.807) is 24.5 Å². The van der Waals surface area contributed by atoms with Gasteiger partial charge in [0.1, 0.15) is 5.76 Å². The first-order valence-electron chi connectivity index (χ1n) is 10.4. The van der Waals surface area contributed by atoms with E-state index in [0.29, 0.717) is 5.56 Å². The number of aromatic nitrogens is 1. The molecule has 0 radical (unpaired) electrons. The highest BCUT2D eigenvalue weighted by Crippen LogP contribution is 2.40. The Morgan fingerprint density at radius 3 is 2.19 bits per heavy atom. The number of rotatable bonds is 5. The summed E-state index contributed by atoms with van der Waals surface area (Å²) < 4.78 is 0. The summed E-state index contributed by atoms with van der Waals surface area (Å²) in [6.45, 7) is 2.18. The van der Waals surface area contributed by atoms with Crippen molar-refractivity contribution in [1.29, 1.82) is 0 Å². The van der Waals surface area contributed by atoms with Gasteiger partial charge in [-0.05, 0) is 42.3 Å². The van der Waals surface area contributed by atoms with Crippen LogP contribution < -0.4 is 4.90 Å². The number of aliphatic hydroxyl groups excluding tert-OH is 1. The van der Waals surface area contributed by atoms with Crippen molar-refractivity contribution in [3.05, 3.63) is 101 Å². The monoisotopic (exact) mass is 427 g/mol. The number of amides is 1. The average molecular weight is 428 g/mol. The normalized spacial score (nSPS) is 17.6. The van der Waals surface area contributed by atoms with Crippen molar-refractivity contribution in [3.63, 3.8) is 0 Å². The number of aliphatic hydroxyl groups is 1. The molecule has 1 N–H and O–H groups in total. The quantitative estimate of drug-likeness (QED) is 0.377. The summed E-state index contributed by atoms with van der Waals surface area (Å²) in [5, 5.41) is 11.1. The molecule has 4 rings (SSSR count). The second-order valence-corrected chi connectivity index (χ2v) is 8.13. The second kappa shape index (κ2) is 8.67. The second-order valence-electron chi connectivity index (χ2n) is 8.13.